The number of alkyl halides is 4. The Balaban J connectivity index is 2.59. The van der Waals surface area contributed by atoms with E-state index in [9.17, 15) is 13.2 Å². The van der Waals surface area contributed by atoms with Crippen molar-refractivity contribution in [3.63, 3.8) is 0 Å². The number of ether oxygens (including phenoxy) is 1. The van der Waals surface area contributed by atoms with Gasteiger partial charge in [-0.3, -0.25) is 0 Å². The minimum absolute atomic E-state index is 0.100. The van der Waals surface area contributed by atoms with E-state index in [0.29, 0.717) is 0 Å². The molecule has 1 nitrogen and oxygen atoms in total. The molecule has 54 valence electrons. The van der Waals surface area contributed by atoms with Crippen LogP contribution in [0.2, 0.25) is 0 Å². The van der Waals surface area contributed by atoms with Gasteiger partial charge in [-0.25, -0.2) is 0 Å². The Hall–Kier alpha value is 0.0400. The van der Waals surface area contributed by atoms with Crippen LogP contribution >= 0.6 is 11.6 Å². The molecular weight excluding hydrogens is 156 g/mol. The van der Waals surface area contributed by atoms with Crippen LogP contribution in [0.4, 0.5) is 13.2 Å². The van der Waals surface area contributed by atoms with Crippen LogP contribution in [0.15, 0.2) is 0 Å². The molecule has 1 aliphatic heterocycles. The Morgan fingerprint density at radius 1 is 1.44 bits per heavy atom. The Morgan fingerprint density at radius 3 is 1.89 bits per heavy atom. The number of rotatable bonds is 0. The second kappa shape index (κ2) is 1.76. The lowest BCUT2D eigenvalue weighted by Crippen LogP contribution is -2.50. The zero-order valence-corrected chi connectivity index (χ0v) is 5.09. The third-order valence-corrected chi connectivity index (χ3v) is 1.69. The molecule has 1 saturated heterocycles. The maximum atomic E-state index is 11.6. The minimum Gasteiger partial charge on any atom is -0.351 e. The van der Waals surface area contributed by atoms with Gasteiger partial charge in [-0.05, 0) is 0 Å². The third kappa shape index (κ3) is 1.01. The first-order chi connectivity index (χ1) is 3.96. The Kier molecular flexibility index (Phi) is 1.40. The molecule has 1 unspecified atom stereocenters. The van der Waals surface area contributed by atoms with Gasteiger partial charge in [0.1, 0.15) is 0 Å². The van der Waals surface area contributed by atoms with Gasteiger partial charge in [0.15, 0.2) is 0 Å². The lowest BCUT2D eigenvalue weighted by molar-refractivity contribution is -0.284. The van der Waals surface area contributed by atoms with E-state index in [1.165, 1.54) is 0 Å². The summed E-state index contributed by atoms with van der Waals surface area (Å²) >= 11 is 4.94. The van der Waals surface area contributed by atoms with Gasteiger partial charge in [0.2, 0.25) is 5.06 Å². The Morgan fingerprint density at radius 2 is 1.89 bits per heavy atom. The quantitative estimate of drug-likeness (QED) is 0.492. The molecule has 0 bridgehead atoms. The predicted molar refractivity (Wildman–Crippen MR) is 25.2 cm³/mol. The van der Waals surface area contributed by atoms with E-state index in [4.69, 9.17) is 11.6 Å². The second-order valence-electron chi connectivity index (χ2n) is 1.82. The van der Waals surface area contributed by atoms with E-state index in [-0.39, 0.29) is 13.0 Å². The summed E-state index contributed by atoms with van der Waals surface area (Å²) in [6.45, 7) is 0.100. The number of hydrogen-bond acceptors (Lipinski definition) is 1. The lowest BCUT2D eigenvalue weighted by Gasteiger charge is -2.36. The highest BCUT2D eigenvalue weighted by Gasteiger charge is 2.59. The average Bonchev–Trinajstić information content (AvgIpc) is 1.57. The SMILES string of the molecule is FC(F)(F)C1(Cl)CCO1. The van der Waals surface area contributed by atoms with Crippen LogP contribution in [0, 0.1) is 0 Å². The van der Waals surface area contributed by atoms with Crippen LogP contribution in [0.25, 0.3) is 0 Å². The molecule has 1 fully saturated rings. The molecule has 0 aromatic rings. The molecule has 9 heavy (non-hydrogen) atoms. The van der Waals surface area contributed by atoms with Crippen molar-refractivity contribution in [3.05, 3.63) is 0 Å². The first-order valence-electron chi connectivity index (χ1n) is 2.35. The Bertz CT molecular complexity index is 117. The van der Waals surface area contributed by atoms with Crippen molar-refractivity contribution in [1.29, 1.82) is 0 Å². The fourth-order valence-corrected chi connectivity index (χ4v) is 0.659. The van der Waals surface area contributed by atoms with Crippen LogP contribution in [0.5, 0.6) is 0 Å². The zero-order valence-electron chi connectivity index (χ0n) is 4.33. The summed E-state index contributed by atoms with van der Waals surface area (Å²) in [5.74, 6) is 0. The fourth-order valence-electron chi connectivity index (χ4n) is 0.505. The molecule has 5 heteroatoms. The third-order valence-electron chi connectivity index (χ3n) is 1.18. The Labute approximate surface area is 54.7 Å². The van der Waals surface area contributed by atoms with E-state index < -0.39 is 11.2 Å². The topological polar surface area (TPSA) is 9.23 Å². The molecule has 0 spiro atoms. The first-order valence-corrected chi connectivity index (χ1v) is 2.73. The van der Waals surface area contributed by atoms with Gasteiger partial charge in [0.25, 0.3) is 0 Å². The smallest absolute Gasteiger partial charge is 0.351 e. The zero-order chi connectivity index (χ0) is 7.12. The first kappa shape index (κ1) is 7.15. The molecule has 1 aliphatic rings. The van der Waals surface area contributed by atoms with Gasteiger partial charge < -0.3 is 4.74 Å². The highest BCUT2D eigenvalue weighted by Crippen LogP contribution is 2.45. The van der Waals surface area contributed by atoms with Crippen LogP contribution in [-0.2, 0) is 4.74 Å². The highest BCUT2D eigenvalue weighted by molar-refractivity contribution is 6.23. The molecule has 0 radical (unpaired) electrons. The van der Waals surface area contributed by atoms with Crippen molar-refractivity contribution in [2.75, 3.05) is 6.61 Å². The van der Waals surface area contributed by atoms with E-state index in [1.54, 1.807) is 0 Å². The molecule has 0 aromatic carbocycles. The van der Waals surface area contributed by atoms with Crippen molar-refractivity contribution in [2.45, 2.75) is 17.7 Å². The molecule has 0 aliphatic carbocycles. The monoisotopic (exact) mass is 160 g/mol. The van der Waals surface area contributed by atoms with Gasteiger partial charge in [-0.2, -0.15) is 13.2 Å². The van der Waals surface area contributed by atoms with Gasteiger partial charge >= 0.3 is 6.18 Å². The maximum absolute atomic E-state index is 11.6. The summed E-state index contributed by atoms with van der Waals surface area (Å²) in [6, 6.07) is 0. The normalized spacial score (nSPS) is 36.0. The molecule has 0 saturated carbocycles. The largest absolute Gasteiger partial charge is 0.431 e. The molecule has 0 N–H and O–H groups in total. The van der Waals surface area contributed by atoms with Gasteiger partial charge in [-0.1, -0.05) is 11.6 Å². The molecule has 0 amide bonds. The summed E-state index contributed by atoms with van der Waals surface area (Å²) in [5.41, 5.74) is 0. The van der Waals surface area contributed by atoms with Gasteiger partial charge in [0, 0.05) is 6.42 Å². The van der Waals surface area contributed by atoms with Crippen LogP contribution in [0.3, 0.4) is 0 Å². The summed E-state index contributed by atoms with van der Waals surface area (Å²) in [5, 5.41) is -2.37. The maximum Gasteiger partial charge on any atom is 0.431 e. The molecule has 1 heterocycles. The molecule has 0 aromatic heterocycles. The molecule has 1 atom stereocenters. The minimum atomic E-state index is -4.42. The highest BCUT2D eigenvalue weighted by atomic mass is 35.5. The number of hydrogen-bond donors (Lipinski definition) is 0. The van der Waals surface area contributed by atoms with Crippen molar-refractivity contribution < 1.29 is 17.9 Å². The summed E-state index contributed by atoms with van der Waals surface area (Å²) in [6.07, 6.45) is -4.56. The van der Waals surface area contributed by atoms with Crippen molar-refractivity contribution >= 4 is 11.6 Å². The second-order valence-corrected chi connectivity index (χ2v) is 2.44. The van der Waals surface area contributed by atoms with Crippen LogP contribution < -0.4 is 0 Å². The van der Waals surface area contributed by atoms with Crippen molar-refractivity contribution in [1.82, 2.24) is 0 Å². The van der Waals surface area contributed by atoms with E-state index >= 15 is 0 Å². The average molecular weight is 161 g/mol. The van der Waals surface area contributed by atoms with Crippen LogP contribution in [0.1, 0.15) is 6.42 Å². The predicted octanol–water partition coefficient (Wildman–Crippen LogP) is 1.90. The van der Waals surface area contributed by atoms with Gasteiger partial charge in [0.05, 0.1) is 6.61 Å². The van der Waals surface area contributed by atoms with Crippen LogP contribution in [-0.4, -0.2) is 17.8 Å². The van der Waals surface area contributed by atoms with Crippen molar-refractivity contribution in [3.8, 4) is 0 Å². The van der Waals surface area contributed by atoms with Crippen molar-refractivity contribution in [2.24, 2.45) is 0 Å². The van der Waals surface area contributed by atoms with E-state index in [2.05, 4.69) is 4.74 Å². The number of halogens is 4. The summed E-state index contributed by atoms with van der Waals surface area (Å²) in [7, 11) is 0. The summed E-state index contributed by atoms with van der Waals surface area (Å²) in [4.78, 5) is 0. The van der Waals surface area contributed by atoms with E-state index in [1.807, 2.05) is 0 Å². The molecule has 1 rings (SSSR count). The standard InChI is InChI=1S/C4H4ClF3O/c5-3(1-2-9-3)4(6,7)8/h1-2H2. The molecular formula is C4H4ClF3O. The summed E-state index contributed by atoms with van der Waals surface area (Å²) < 4.78 is 39.0. The lowest BCUT2D eigenvalue weighted by atomic mass is 10.2. The van der Waals surface area contributed by atoms with Gasteiger partial charge in [-0.15, -0.1) is 0 Å². The van der Waals surface area contributed by atoms with E-state index in [0.717, 1.165) is 0 Å². The fraction of sp³-hybridized carbons (Fsp3) is 1.00.